The van der Waals surface area contributed by atoms with Gasteiger partial charge in [0.05, 0.1) is 27.9 Å². The summed E-state index contributed by atoms with van der Waals surface area (Å²) in [5.41, 5.74) is -0.0559. The third kappa shape index (κ3) is 2.76. The Kier molecular flexibility index (Phi) is 3.69. The van der Waals surface area contributed by atoms with Crippen LogP contribution in [0.25, 0.3) is 0 Å². The van der Waals surface area contributed by atoms with Crippen LogP contribution in [0.1, 0.15) is 32.3 Å². The van der Waals surface area contributed by atoms with Crippen molar-refractivity contribution >= 4 is 23.2 Å². The topological polar surface area (TPSA) is 29.5 Å². The standard InChI is InChI=1S/C13H16Cl2O2/c1-8-6-13(16,7-9(2)17-8)10-3-4-11(14)12(15)5-10/h3-5,8-9,16H,6-7H2,1-2H3. The van der Waals surface area contributed by atoms with Gasteiger partial charge in [-0.1, -0.05) is 29.3 Å². The molecule has 0 radical (unpaired) electrons. The zero-order valence-electron chi connectivity index (χ0n) is 9.91. The van der Waals surface area contributed by atoms with E-state index in [2.05, 4.69) is 0 Å². The molecular weight excluding hydrogens is 259 g/mol. The fourth-order valence-corrected chi connectivity index (χ4v) is 2.85. The van der Waals surface area contributed by atoms with Gasteiger partial charge in [0.15, 0.2) is 0 Å². The lowest BCUT2D eigenvalue weighted by Gasteiger charge is -2.39. The molecular formula is C13H16Cl2O2. The van der Waals surface area contributed by atoms with Gasteiger partial charge in [-0.25, -0.2) is 0 Å². The quantitative estimate of drug-likeness (QED) is 0.845. The van der Waals surface area contributed by atoms with E-state index in [-0.39, 0.29) is 12.2 Å². The molecule has 0 saturated carbocycles. The van der Waals surface area contributed by atoms with Crippen LogP contribution in [0.15, 0.2) is 18.2 Å². The van der Waals surface area contributed by atoms with Crippen molar-refractivity contribution < 1.29 is 9.84 Å². The average Bonchev–Trinajstić information content (AvgIpc) is 2.19. The summed E-state index contributed by atoms with van der Waals surface area (Å²) in [6, 6.07) is 5.30. The molecule has 1 aromatic rings. The largest absolute Gasteiger partial charge is 0.385 e. The minimum atomic E-state index is -0.870. The molecule has 1 saturated heterocycles. The van der Waals surface area contributed by atoms with Gasteiger partial charge in [-0.2, -0.15) is 0 Å². The van der Waals surface area contributed by atoms with Crippen LogP contribution in [0.5, 0.6) is 0 Å². The van der Waals surface area contributed by atoms with Gasteiger partial charge in [-0.15, -0.1) is 0 Å². The van der Waals surface area contributed by atoms with Crippen LogP contribution in [-0.2, 0) is 10.3 Å². The summed E-state index contributed by atoms with van der Waals surface area (Å²) in [4.78, 5) is 0. The lowest BCUT2D eigenvalue weighted by Crippen LogP contribution is -2.41. The molecule has 1 aliphatic rings. The molecule has 0 aliphatic carbocycles. The number of hydrogen-bond donors (Lipinski definition) is 1. The average molecular weight is 275 g/mol. The summed E-state index contributed by atoms with van der Waals surface area (Å²) in [7, 11) is 0. The molecule has 1 heterocycles. The smallest absolute Gasteiger partial charge is 0.0946 e. The lowest BCUT2D eigenvalue weighted by molar-refractivity contribution is -0.135. The lowest BCUT2D eigenvalue weighted by atomic mass is 9.82. The molecule has 1 aliphatic heterocycles. The van der Waals surface area contributed by atoms with Crippen molar-refractivity contribution in [3.05, 3.63) is 33.8 Å². The number of hydrogen-bond acceptors (Lipinski definition) is 2. The minimum Gasteiger partial charge on any atom is -0.385 e. The van der Waals surface area contributed by atoms with E-state index in [9.17, 15) is 5.11 Å². The summed E-state index contributed by atoms with van der Waals surface area (Å²) in [6.07, 6.45) is 1.24. The highest BCUT2D eigenvalue weighted by Gasteiger charge is 2.38. The SMILES string of the molecule is CC1CC(O)(c2ccc(Cl)c(Cl)c2)CC(C)O1. The van der Waals surface area contributed by atoms with Crippen LogP contribution < -0.4 is 0 Å². The van der Waals surface area contributed by atoms with Crippen LogP contribution in [0, 0.1) is 0 Å². The van der Waals surface area contributed by atoms with Crippen molar-refractivity contribution in [3.63, 3.8) is 0 Å². The number of benzene rings is 1. The van der Waals surface area contributed by atoms with Gasteiger partial charge in [0, 0.05) is 12.8 Å². The predicted octanol–water partition coefficient (Wildman–Crippen LogP) is 3.77. The molecule has 2 rings (SSSR count). The first-order valence-corrected chi connectivity index (χ1v) is 6.50. The van der Waals surface area contributed by atoms with Gasteiger partial charge in [0.2, 0.25) is 0 Å². The maximum atomic E-state index is 10.7. The first kappa shape index (κ1) is 13.2. The van der Waals surface area contributed by atoms with Crippen molar-refractivity contribution in [2.24, 2.45) is 0 Å². The van der Waals surface area contributed by atoms with Crippen LogP contribution in [0.2, 0.25) is 10.0 Å². The summed E-state index contributed by atoms with van der Waals surface area (Å²) < 4.78 is 5.64. The van der Waals surface area contributed by atoms with E-state index in [1.807, 2.05) is 19.9 Å². The zero-order valence-corrected chi connectivity index (χ0v) is 11.4. The molecule has 94 valence electrons. The highest BCUT2D eigenvalue weighted by molar-refractivity contribution is 6.42. The molecule has 0 amide bonds. The molecule has 0 bridgehead atoms. The van der Waals surface area contributed by atoms with Crippen molar-refractivity contribution in [2.45, 2.75) is 44.5 Å². The summed E-state index contributed by atoms with van der Waals surface area (Å²) in [5, 5.41) is 11.7. The Bertz CT molecular complexity index is 410. The first-order chi connectivity index (χ1) is 7.90. The molecule has 2 unspecified atom stereocenters. The van der Waals surface area contributed by atoms with Gasteiger partial charge in [-0.3, -0.25) is 0 Å². The monoisotopic (exact) mass is 274 g/mol. The summed E-state index contributed by atoms with van der Waals surface area (Å²) >= 11 is 11.9. The predicted molar refractivity (Wildman–Crippen MR) is 69.6 cm³/mol. The van der Waals surface area contributed by atoms with Gasteiger partial charge < -0.3 is 9.84 Å². The van der Waals surface area contributed by atoms with E-state index in [1.54, 1.807) is 12.1 Å². The van der Waals surface area contributed by atoms with Crippen molar-refractivity contribution in [2.75, 3.05) is 0 Å². The maximum Gasteiger partial charge on any atom is 0.0946 e. The number of ether oxygens (including phenoxy) is 1. The highest BCUT2D eigenvalue weighted by atomic mass is 35.5. The molecule has 1 fully saturated rings. The second-order valence-electron chi connectivity index (χ2n) is 4.83. The number of rotatable bonds is 1. The van der Waals surface area contributed by atoms with Gasteiger partial charge in [0.1, 0.15) is 0 Å². The fourth-order valence-electron chi connectivity index (χ4n) is 2.55. The van der Waals surface area contributed by atoms with Crippen LogP contribution >= 0.6 is 23.2 Å². The Morgan fingerprint density at radius 2 is 1.76 bits per heavy atom. The van der Waals surface area contributed by atoms with Crippen molar-refractivity contribution in [1.82, 2.24) is 0 Å². The highest BCUT2D eigenvalue weighted by Crippen LogP contribution is 2.39. The van der Waals surface area contributed by atoms with E-state index in [1.165, 1.54) is 0 Å². The minimum absolute atomic E-state index is 0.0400. The van der Waals surface area contributed by atoms with Gasteiger partial charge in [-0.05, 0) is 31.5 Å². The molecule has 1 N–H and O–H groups in total. The Morgan fingerprint density at radius 3 is 2.29 bits per heavy atom. The summed E-state index contributed by atoms with van der Waals surface area (Å²) in [6.45, 7) is 3.94. The van der Waals surface area contributed by atoms with Gasteiger partial charge >= 0.3 is 0 Å². The van der Waals surface area contributed by atoms with E-state index >= 15 is 0 Å². The van der Waals surface area contributed by atoms with E-state index < -0.39 is 5.60 Å². The third-order valence-corrected chi connectivity index (χ3v) is 3.91. The second-order valence-corrected chi connectivity index (χ2v) is 5.64. The molecule has 2 atom stereocenters. The molecule has 0 spiro atoms. The Balaban J connectivity index is 2.33. The second kappa shape index (κ2) is 4.77. The van der Waals surface area contributed by atoms with E-state index in [0.717, 1.165) is 5.56 Å². The third-order valence-electron chi connectivity index (χ3n) is 3.17. The molecule has 4 heteroatoms. The van der Waals surface area contributed by atoms with Crippen LogP contribution in [0.4, 0.5) is 0 Å². The van der Waals surface area contributed by atoms with Gasteiger partial charge in [0.25, 0.3) is 0 Å². The fraction of sp³-hybridized carbons (Fsp3) is 0.538. The maximum absolute atomic E-state index is 10.7. The normalized spacial score (nSPS) is 33.7. The molecule has 17 heavy (non-hydrogen) atoms. The molecule has 0 aromatic heterocycles. The van der Waals surface area contributed by atoms with Crippen LogP contribution in [0.3, 0.4) is 0 Å². The first-order valence-electron chi connectivity index (χ1n) is 5.74. The van der Waals surface area contributed by atoms with E-state index in [4.69, 9.17) is 27.9 Å². The number of aliphatic hydroxyl groups is 1. The Hall–Kier alpha value is -0.280. The van der Waals surface area contributed by atoms with E-state index in [0.29, 0.717) is 22.9 Å². The number of halogens is 2. The molecule has 1 aromatic carbocycles. The van der Waals surface area contributed by atoms with Crippen molar-refractivity contribution in [3.8, 4) is 0 Å². The van der Waals surface area contributed by atoms with Crippen molar-refractivity contribution in [1.29, 1.82) is 0 Å². The zero-order chi connectivity index (χ0) is 12.6. The molecule has 2 nitrogen and oxygen atoms in total. The Morgan fingerprint density at radius 1 is 1.18 bits per heavy atom. The summed E-state index contributed by atoms with van der Waals surface area (Å²) in [5.74, 6) is 0. The Labute approximate surface area is 111 Å². The van der Waals surface area contributed by atoms with Crippen LogP contribution in [-0.4, -0.2) is 17.3 Å².